The quantitative estimate of drug-likeness (QED) is 0.854. The van der Waals surface area contributed by atoms with Crippen LogP contribution in [0.25, 0.3) is 0 Å². The molecule has 0 aliphatic carbocycles. The Hall–Kier alpha value is -1.56. The largest absolute Gasteiger partial charge is 0.445 e. The number of piperidine rings is 1. The van der Waals surface area contributed by atoms with Gasteiger partial charge in [-0.05, 0) is 18.4 Å². The van der Waals surface area contributed by atoms with E-state index in [1.165, 1.54) is 6.26 Å². The predicted octanol–water partition coefficient (Wildman–Crippen LogP) is 1.83. The van der Waals surface area contributed by atoms with Gasteiger partial charge in [0.1, 0.15) is 16.4 Å². The topological polar surface area (TPSA) is 63.7 Å². The van der Waals surface area contributed by atoms with E-state index in [-0.39, 0.29) is 18.0 Å². The molecule has 5 nitrogen and oxygen atoms in total. The first-order valence-corrected chi connectivity index (χ1v) is 8.57. The lowest BCUT2D eigenvalue weighted by Crippen LogP contribution is -2.42. The molecule has 1 heterocycles. The molecule has 20 heavy (non-hydrogen) atoms. The van der Waals surface area contributed by atoms with E-state index in [9.17, 15) is 13.2 Å². The van der Waals surface area contributed by atoms with Crippen molar-refractivity contribution in [3.05, 3.63) is 35.9 Å². The molecule has 1 aliphatic rings. The maximum Gasteiger partial charge on any atom is 0.410 e. The van der Waals surface area contributed by atoms with Crippen molar-refractivity contribution in [3.63, 3.8) is 0 Å². The zero-order valence-electron chi connectivity index (χ0n) is 11.5. The van der Waals surface area contributed by atoms with Crippen LogP contribution >= 0.6 is 0 Å². The van der Waals surface area contributed by atoms with Gasteiger partial charge in [-0.2, -0.15) is 0 Å². The van der Waals surface area contributed by atoms with Crippen molar-refractivity contribution in [1.82, 2.24) is 4.90 Å². The van der Waals surface area contributed by atoms with Crippen LogP contribution in [0.15, 0.2) is 30.3 Å². The smallest absolute Gasteiger partial charge is 0.410 e. The molecule has 1 aromatic carbocycles. The molecular weight excluding hydrogens is 278 g/mol. The lowest BCUT2D eigenvalue weighted by molar-refractivity contribution is 0.0897. The van der Waals surface area contributed by atoms with Crippen LogP contribution in [0.3, 0.4) is 0 Å². The number of rotatable bonds is 3. The fourth-order valence-electron chi connectivity index (χ4n) is 2.28. The third kappa shape index (κ3) is 3.96. The van der Waals surface area contributed by atoms with Crippen LogP contribution in [0.1, 0.15) is 18.4 Å². The molecule has 6 heteroatoms. The van der Waals surface area contributed by atoms with Crippen LogP contribution in [0, 0.1) is 0 Å². The first kappa shape index (κ1) is 14.8. The molecule has 0 radical (unpaired) electrons. The minimum atomic E-state index is -3.01. The fourth-order valence-corrected chi connectivity index (χ4v) is 3.34. The number of ether oxygens (including phenoxy) is 1. The molecule has 1 aliphatic heterocycles. The molecule has 0 atom stereocenters. The second-order valence-electron chi connectivity index (χ2n) is 5.06. The molecular formula is C14H19NO4S. The second kappa shape index (κ2) is 6.26. The standard InChI is InChI=1S/C14H19NO4S/c1-20(17,18)13-7-9-15(10-8-13)14(16)19-11-12-5-3-2-4-6-12/h2-6,13H,7-11H2,1H3. The van der Waals surface area contributed by atoms with Gasteiger partial charge in [0.2, 0.25) is 0 Å². The van der Waals surface area contributed by atoms with Gasteiger partial charge >= 0.3 is 6.09 Å². The molecule has 0 unspecified atom stereocenters. The molecule has 0 N–H and O–H groups in total. The summed E-state index contributed by atoms with van der Waals surface area (Å²) in [6.45, 7) is 1.11. The molecule has 1 aromatic rings. The number of carbonyl (C=O) groups is 1. The molecule has 0 aromatic heterocycles. The SMILES string of the molecule is CS(=O)(=O)C1CCN(C(=O)OCc2ccccc2)CC1. The van der Waals surface area contributed by atoms with Crippen LogP contribution in [-0.2, 0) is 21.2 Å². The Morgan fingerprint density at radius 3 is 2.40 bits per heavy atom. The lowest BCUT2D eigenvalue weighted by atomic mass is 10.1. The summed E-state index contributed by atoms with van der Waals surface area (Å²) in [7, 11) is -3.01. The lowest BCUT2D eigenvalue weighted by Gasteiger charge is -2.30. The highest BCUT2D eigenvalue weighted by Crippen LogP contribution is 2.18. The van der Waals surface area contributed by atoms with E-state index in [2.05, 4.69) is 0 Å². The zero-order valence-corrected chi connectivity index (χ0v) is 12.3. The number of carbonyl (C=O) groups excluding carboxylic acids is 1. The van der Waals surface area contributed by atoms with Crippen molar-refractivity contribution < 1.29 is 17.9 Å². The van der Waals surface area contributed by atoms with E-state index in [1.54, 1.807) is 4.90 Å². The summed E-state index contributed by atoms with van der Waals surface area (Å²) in [5.41, 5.74) is 0.937. The highest BCUT2D eigenvalue weighted by atomic mass is 32.2. The summed E-state index contributed by atoms with van der Waals surface area (Å²) in [6, 6.07) is 9.47. The Labute approximate surface area is 119 Å². The van der Waals surface area contributed by atoms with Gasteiger partial charge in [0.25, 0.3) is 0 Å². The summed E-state index contributed by atoms with van der Waals surface area (Å²) in [6.07, 6.45) is 1.85. The Morgan fingerprint density at radius 2 is 1.85 bits per heavy atom. The third-order valence-electron chi connectivity index (χ3n) is 3.51. The Balaban J connectivity index is 1.80. The van der Waals surface area contributed by atoms with Crippen LogP contribution in [0.5, 0.6) is 0 Å². The normalized spacial score (nSPS) is 16.9. The highest BCUT2D eigenvalue weighted by molar-refractivity contribution is 7.91. The molecule has 0 saturated carbocycles. The average Bonchev–Trinajstić information content (AvgIpc) is 2.45. The molecule has 1 saturated heterocycles. The molecule has 110 valence electrons. The van der Waals surface area contributed by atoms with E-state index in [1.807, 2.05) is 30.3 Å². The molecule has 0 spiro atoms. The number of sulfone groups is 1. The number of benzene rings is 1. The van der Waals surface area contributed by atoms with Gasteiger partial charge in [0.05, 0.1) is 5.25 Å². The van der Waals surface area contributed by atoms with E-state index in [4.69, 9.17) is 4.74 Å². The first-order chi connectivity index (χ1) is 9.47. The van der Waals surface area contributed by atoms with Crippen molar-refractivity contribution in [2.75, 3.05) is 19.3 Å². The summed E-state index contributed by atoms with van der Waals surface area (Å²) >= 11 is 0. The molecule has 1 amide bonds. The van der Waals surface area contributed by atoms with E-state index in [0.29, 0.717) is 25.9 Å². The summed E-state index contributed by atoms with van der Waals surface area (Å²) in [4.78, 5) is 13.5. The summed E-state index contributed by atoms with van der Waals surface area (Å²) < 4.78 is 28.1. The van der Waals surface area contributed by atoms with Crippen molar-refractivity contribution in [3.8, 4) is 0 Å². The van der Waals surface area contributed by atoms with Gasteiger partial charge in [0.15, 0.2) is 0 Å². The fraction of sp³-hybridized carbons (Fsp3) is 0.500. The third-order valence-corrected chi connectivity index (χ3v) is 5.19. The van der Waals surface area contributed by atoms with Crippen molar-refractivity contribution in [1.29, 1.82) is 0 Å². The van der Waals surface area contributed by atoms with E-state index in [0.717, 1.165) is 5.56 Å². The van der Waals surface area contributed by atoms with E-state index >= 15 is 0 Å². The first-order valence-electron chi connectivity index (χ1n) is 6.61. The van der Waals surface area contributed by atoms with Gasteiger partial charge in [-0.3, -0.25) is 0 Å². The number of amides is 1. The van der Waals surface area contributed by atoms with Crippen LogP contribution < -0.4 is 0 Å². The minimum absolute atomic E-state index is 0.242. The van der Waals surface area contributed by atoms with Gasteiger partial charge in [-0.25, -0.2) is 13.2 Å². The average molecular weight is 297 g/mol. The van der Waals surface area contributed by atoms with Crippen LogP contribution in [0.4, 0.5) is 4.79 Å². The number of hydrogen-bond acceptors (Lipinski definition) is 4. The number of likely N-dealkylation sites (tertiary alicyclic amines) is 1. The van der Waals surface area contributed by atoms with Crippen molar-refractivity contribution >= 4 is 15.9 Å². The monoisotopic (exact) mass is 297 g/mol. The Bertz CT molecular complexity index is 548. The van der Waals surface area contributed by atoms with Crippen molar-refractivity contribution in [2.24, 2.45) is 0 Å². The van der Waals surface area contributed by atoms with Crippen molar-refractivity contribution in [2.45, 2.75) is 24.7 Å². The van der Waals surface area contributed by atoms with Gasteiger partial charge in [-0.15, -0.1) is 0 Å². The summed E-state index contributed by atoms with van der Waals surface area (Å²) in [5, 5.41) is -0.333. The molecule has 2 rings (SSSR count). The highest BCUT2D eigenvalue weighted by Gasteiger charge is 2.29. The van der Waals surface area contributed by atoms with Crippen LogP contribution in [0.2, 0.25) is 0 Å². The summed E-state index contributed by atoms with van der Waals surface area (Å²) in [5.74, 6) is 0. The predicted molar refractivity (Wildman–Crippen MR) is 76.1 cm³/mol. The zero-order chi connectivity index (χ0) is 14.6. The minimum Gasteiger partial charge on any atom is -0.445 e. The Kier molecular flexibility index (Phi) is 4.65. The van der Waals surface area contributed by atoms with Gasteiger partial charge in [0, 0.05) is 19.3 Å². The van der Waals surface area contributed by atoms with Crippen LogP contribution in [-0.4, -0.2) is 44.0 Å². The maximum atomic E-state index is 11.9. The number of hydrogen-bond donors (Lipinski definition) is 0. The second-order valence-corrected chi connectivity index (χ2v) is 7.38. The molecule has 1 fully saturated rings. The van der Waals surface area contributed by atoms with Gasteiger partial charge in [-0.1, -0.05) is 30.3 Å². The van der Waals surface area contributed by atoms with Gasteiger partial charge < -0.3 is 9.64 Å². The Morgan fingerprint density at radius 1 is 1.25 bits per heavy atom. The maximum absolute atomic E-state index is 11.9. The number of nitrogens with zero attached hydrogens (tertiary/aromatic N) is 1. The molecule has 0 bridgehead atoms. The van der Waals surface area contributed by atoms with E-state index < -0.39 is 9.84 Å².